The number of carbonyl (C=O) groups is 7. The second-order valence-electron chi connectivity index (χ2n) is 16.8. The van der Waals surface area contributed by atoms with Gasteiger partial charge in [0.1, 0.15) is 17.7 Å². The first-order valence-electron chi connectivity index (χ1n) is 18.0. The number of hydrogen-bond donors (Lipinski definition) is 4. The molecule has 4 N–H and O–H groups in total. The lowest BCUT2D eigenvalue weighted by Gasteiger charge is -2.38. The predicted octanol–water partition coefficient (Wildman–Crippen LogP) is 2.71. The summed E-state index contributed by atoms with van der Waals surface area (Å²) < 4.78 is 5.42. The van der Waals surface area contributed by atoms with Crippen LogP contribution in [-0.4, -0.2) is 102 Å². The number of nitrogens with zero attached hydrogens (tertiary/aromatic N) is 2. The third kappa shape index (κ3) is 10.5. The number of benzene rings is 1. The molecule has 0 spiro atoms. The molecule has 1 aromatic rings. The number of likely N-dealkylation sites (tertiary alicyclic amines) is 1. The summed E-state index contributed by atoms with van der Waals surface area (Å²) in [5.41, 5.74) is -1.05. The lowest BCUT2D eigenvalue weighted by atomic mass is 9.85. The quantitative estimate of drug-likeness (QED) is 0.211. The highest BCUT2D eigenvalue weighted by atomic mass is 16.6. The van der Waals surface area contributed by atoms with Crippen LogP contribution in [0.5, 0.6) is 0 Å². The van der Waals surface area contributed by atoms with E-state index >= 15 is 0 Å². The van der Waals surface area contributed by atoms with Crippen molar-refractivity contribution in [1.82, 2.24) is 31.1 Å². The van der Waals surface area contributed by atoms with Gasteiger partial charge in [-0.3, -0.25) is 28.8 Å². The number of nitrogens with one attached hydrogen (secondary N) is 4. The smallest absolute Gasteiger partial charge is 0.408 e. The topological polar surface area (TPSA) is 183 Å². The van der Waals surface area contributed by atoms with Gasteiger partial charge in [-0.2, -0.15) is 0 Å². The first-order chi connectivity index (χ1) is 24.0. The van der Waals surface area contributed by atoms with Crippen LogP contribution in [0.25, 0.3) is 0 Å². The summed E-state index contributed by atoms with van der Waals surface area (Å²) >= 11 is 0. The van der Waals surface area contributed by atoms with Crippen molar-refractivity contribution in [2.24, 2.45) is 22.7 Å². The van der Waals surface area contributed by atoms with Gasteiger partial charge in [0.15, 0.2) is 0 Å². The molecule has 1 saturated heterocycles. The Labute approximate surface area is 307 Å². The number of amides is 6. The van der Waals surface area contributed by atoms with Gasteiger partial charge >= 0.3 is 6.09 Å². The number of hydrogen-bond acceptors (Lipinski definition) is 8. The molecule has 0 radical (unpaired) electrons. The molecule has 0 bridgehead atoms. The second kappa shape index (κ2) is 16.5. The van der Waals surface area contributed by atoms with Crippen LogP contribution < -0.4 is 21.3 Å². The van der Waals surface area contributed by atoms with Crippen molar-refractivity contribution >= 4 is 41.4 Å². The standard InChI is InChI=1S/C38H58N6O8/c1-12-16-24(30(47)33(49)39-20-26(45)40-25(19-27(46)43(10)11)22-17-14-13-15-18-22)41-32(48)29-28-23(38(28,8)9)21-44(29)34(50)31(36(2,3)4)42-35(51)52-37(5,6)7/h13-15,17-18,23-25,28-29,31H,12,16,19-21H2,1-11H3,(H,39,49)(H,40,45)(H,41,48)(H,42,51)/t23-,24?,25-,28-,29-,31+/m0/s1. The molecule has 52 heavy (non-hydrogen) atoms. The molecule has 14 heteroatoms. The lowest BCUT2D eigenvalue weighted by molar-refractivity contribution is -0.145. The molecular formula is C38H58N6O8. The molecule has 1 heterocycles. The van der Waals surface area contributed by atoms with Gasteiger partial charge in [0.25, 0.3) is 5.91 Å². The molecule has 1 aliphatic carbocycles. The number of carbonyl (C=O) groups excluding carboxylic acids is 7. The van der Waals surface area contributed by atoms with Crippen LogP contribution in [0.2, 0.25) is 0 Å². The highest BCUT2D eigenvalue weighted by Gasteiger charge is 2.70. The van der Waals surface area contributed by atoms with E-state index in [0.29, 0.717) is 18.5 Å². The predicted molar refractivity (Wildman–Crippen MR) is 194 cm³/mol. The van der Waals surface area contributed by atoms with Gasteiger partial charge < -0.3 is 35.8 Å². The molecule has 0 aromatic heterocycles. The minimum atomic E-state index is -1.20. The van der Waals surface area contributed by atoms with Crippen molar-refractivity contribution in [3.63, 3.8) is 0 Å². The Hall–Kier alpha value is -4.49. The van der Waals surface area contributed by atoms with E-state index in [0.717, 1.165) is 0 Å². The zero-order valence-corrected chi connectivity index (χ0v) is 32.5. The molecule has 1 saturated carbocycles. The van der Waals surface area contributed by atoms with Gasteiger partial charge in [-0.1, -0.05) is 78.3 Å². The highest BCUT2D eigenvalue weighted by molar-refractivity contribution is 6.38. The second-order valence-corrected chi connectivity index (χ2v) is 16.8. The van der Waals surface area contributed by atoms with Gasteiger partial charge in [0.05, 0.1) is 25.0 Å². The van der Waals surface area contributed by atoms with Crippen molar-refractivity contribution in [2.75, 3.05) is 27.2 Å². The molecule has 2 fully saturated rings. The number of ketones is 1. The van der Waals surface area contributed by atoms with Crippen molar-refractivity contribution < 1.29 is 38.3 Å². The number of ether oxygens (including phenoxy) is 1. The maximum Gasteiger partial charge on any atom is 0.408 e. The Kier molecular flexibility index (Phi) is 13.3. The van der Waals surface area contributed by atoms with Crippen molar-refractivity contribution in [3.05, 3.63) is 35.9 Å². The minimum Gasteiger partial charge on any atom is -0.444 e. The van der Waals surface area contributed by atoms with E-state index in [-0.39, 0.29) is 36.0 Å². The fraction of sp³-hybridized carbons (Fsp3) is 0.658. The van der Waals surface area contributed by atoms with Gasteiger partial charge in [0, 0.05) is 20.6 Å². The lowest BCUT2D eigenvalue weighted by Crippen LogP contribution is -2.60. The molecule has 1 aliphatic heterocycles. The van der Waals surface area contributed by atoms with Crippen LogP contribution in [0.15, 0.2) is 30.3 Å². The van der Waals surface area contributed by atoms with Gasteiger partial charge in [0.2, 0.25) is 29.4 Å². The van der Waals surface area contributed by atoms with Gasteiger partial charge in [-0.15, -0.1) is 0 Å². The van der Waals surface area contributed by atoms with E-state index in [9.17, 15) is 33.6 Å². The van der Waals surface area contributed by atoms with E-state index in [1.807, 2.05) is 40.7 Å². The van der Waals surface area contributed by atoms with Crippen molar-refractivity contribution in [2.45, 2.75) is 111 Å². The molecule has 6 amide bonds. The minimum absolute atomic E-state index is 0.00680. The van der Waals surface area contributed by atoms with Crippen LogP contribution in [-0.2, 0) is 33.5 Å². The average Bonchev–Trinajstić information content (AvgIpc) is 3.35. The van der Waals surface area contributed by atoms with Crippen LogP contribution in [0, 0.1) is 22.7 Å². The van der Waals surface area contributed by atoms with E-state index in [4.69, 9.17) is 4.74 Å². The maximum atomic E-state index is 14.1. The Bertz CT molecular complexity index is 1510. The molecule has 6 atom stereocenters. The fourth-order valence-electron chi connectivity index (χ4n) is 6.81. The largest absolute Gasteiger partial charge is 0.444 e. The molecule has 1 aromatic carbocycles. The number of fused-ring (bicyclic) bond motifs is 1. The van der Waals surface area contributed by atoms with Crippen LogP contribution in [0.1, 0.15) is 93.2 Å². The number of Topliss-reactive ketones (excluding diaryl/α,β-unsaturated/α-hetero) is 1. The summed E-state index contributed by atoms with van der Waals surface area (Å²) in [6.07, 6.45) is -0.152. The Morgan fingerprint density at radius 2 is 1.56 bits per heavy atom. The van der Waals surface area contributed by atoms with E-state index in [2.05, 4.69) is 21.3 Å². The Morgan fingerprint density at radius 1 is 0.942 bits per heavy atom. The normalized spacial score (nSPS) is 20.7. The van der Waals surface area contributed by atoms with Crippen molar-refractivity contribution in [3.8, 4) is 0 Å². The maximum absolute atomic E-state index is 14.1. The number of alkyl carbamates (subject to hydrolysis) is 1. The molecule has 14 nitrogen and oxygen atoms in total. The summed E-state index contributed by atoms with van der Waals surface area (Å²) in [4.78, 5) is 95.7. The van der Waals surface area contributed by atoms with E-state index < -0.39 is 77.2 Å². The monoisotopic (exact) mass is 726 g/mol. The summed E-state index contributed by atoms with van der Waals surface area (Å²) in [5.74, 6) is -3.94. The number of piperidine rings is 1. The van der Waals surface area contributed by atoms with E-state index in [1.54, 1.807) is 66.1 Å². The van der Waals surface area contributed by atoms with Crippen molar-refractivity contribution in [1.29, 1.82) is 0 Å². The molecule has 2 aliphatic rings. The van der Waals surface area contributed by atoms with E-state index in [1.165, 1.54) is 9.80 Å². The third-order valence-corrected chi connectivity index (χ3v) is 9.79. The summed E-state index contributed by atoms with van der Waals surface area (Å²) in [6, 6.07) is 5.13. The SMILES string of the molecule is CCCC(NC(=O)[C@@H]1[C@@H]2[C@H](CN1C(=O)[C@@H](NC(=O)OC(C)(C)C)C(C)(C)C)C2(C)C)C(=O)C(=O)NCC(=O)N[C@@H](CC(=O)N(C)C)c1ccccc1. The first-order valence-corrected chi connectivity index (χ1v) is 18.0. The molecular weight excluding hydrogens is 668 g/mol. The van der Waals surface area contributed by atoms with Gasteiger partial charge in [-0.25, -0.2) is 4.79 Å². The molecule has 3 rings (SSSR count). The van der Waals surface area contributed by atoms with Crippen LogP contribution >= 0.6 is 0 Å². The Balaban J connectivity index is 1.72. The first kappa shape index (κ1) is 41.9. The van der Waals surface area contributed by atoms with Crippen LogP contribution in [0.4, 0.5) is 4.79 Å². The van der Waals surface area contributed by atoms with Gasteiger partial charge in [-0.05, 0) is 55.4 Å². The zero-order chi connectivity index (χ0) is 39.3. The molecule has 1 unspecified atom stereocenters. The summed E-state index contributed by atoms with van der Waals surface area (Å²) in [6.45, 7) is 16.2. The summed E-state index contributed by atoms with van der Waals surface area (Å²) in [5, 5.41) is 10.6. The van der Waals surface area contributed by atoms with Crippen LogP contribution in [0.3, 0.4) is 0 Å². The highest BCUT2D eigenvalue weighted by Crippen LogP contribution is 2.65. The average molecular weight is 727 g/mol. The number of rotatable bonds is 14. The summed E-state index contributed by atoms with van der Waals surface area (Å²) in [7, 11) is 3.23. The fourth-order valence-corrected chi connectivity index (χ4v) is 6.81. The third-order valence-electron chi connectivity index (χ3n) is 9.79. The Morgan fingerprint density at radius 3 is 2.10 bits per heavy atom. The zero-order valence-electron chi connectivity index (χ0n) is 32.5. The molecule has 288 valence electrons.